The first-order chi connectivity index (χ1) is 9.06. The maximum atomic E-state index is 5.68. The summed E-state index contributed by atoms with van der Waals surface area (Å²) >= 11 is 0. The molecule has 0 spiro atoms. The van der Waals surface area contributed by atoms with Gasteiger partial charge in [0.25, 0.3) is 0 Å². The first-order valence-corrected chi connectivity index (χ1v) is 7.13. The molecule has 0 aliphatic carbocycles. The minimum absolute atomic E-state index is 0.293. The fourth-order valence-electron chi connectivity index (χ4n) is 2.31. The van der Waals surface area contributed by atoms with Crippen molar-refractivity contribution in [3.63, 3.8) is 0 Å². The lowest BCUT2D eigenvalue weighted by Crippen LogP contribution is -2.47. The minimum atomic E-state index is 0.293. The molecule has 1 N–H and O–H groups in total. The first kappa shape index (κ1) is 14.3. The first-order valence-electron chi connectivity index (χ1n) is 7.13. The number of hydrogen-bond acceptors (Lipinski definition) is 4. The number of aromatic nitrogens is 1. The molecule has 4 nitrogen and oxygen atoms in total. The molecule has 2 atom stereocenters. The Morgan fingerprint density at radius 1 is 1.47 bits per heavy atom. The normalized spacial score (nSPS) is 23.9. The summed E-state index contributed by atoms with van der Waals surface area (Å²) in [5.41, 5.74) is 2.34. The van der Waals surface area contributed by atoms with Gasteiger partial charge in [-0.25, -0.2) is 0 Å². The lowest BCUT2D eigenvalue weighted by Gasteiger charge is -2.38. The van der Waals surface area contributed by atoms with Crippen LogP contribution in [0.5, 0.6) is 0 Å². The van der Waals surface area contributed by atoms with E-state index in [1.807, 2.05) is 6.20 Å². The van der Waals surface area contributed by atoms with Crippen molar-refractivity contribution in [3.8, 4) is 0 Å². The average molecular weight is 263 g/mol. The van der Waals surface area contributed by atoms with Gasteiger partial charge in [-0.2, -0.15) is 0 Å². The second-order valence-electron chi connectivity index (χ2n) is 5.69. The molecule has 4 heteroatoms. The molecule has 0 amide bonds. The predicted octanol–water partition coefficient (Wildman–Crippen LogP) is 2.19. The fraction of sp³-hybridized carbons (Fsp3) is 0.667. The van der Waals surface area contributed by atoms with Gasteiger partial charge < -0.3 is 15.0 Å². The van der Waals surface area contributed by atoms with Crippen LogP contribution in [0.15, 0.2) is 18.3 Å². The SMILES string of the molecule is CC(C)NCc1cc(N2CC(C)OCC2C)ccn1. The van der Waals surface area contributed by atoms with E-state index in [1.165, 1.54) is 5.69 Å². The van der Waals surface area contributed by atoms with Crippen molar-refractivity contribution < 1.29 is 4.74 Å². The lowest BCUT2D eigenvalue weighted by atomic mass is 10.1. The highest BCUT2D eigenvalue weighted by molar-refractivity contribution is 5.48. The van der Waals surface area contributed by atoms with Gasteiger partial charge in [-0.05, 0) is 26.0 Å². The van der Waals surface area contributed by atoms with Gasteiger partial charge in [0.15, 0.2) is 0 Å². The van der Waals surface area contributed by atoms with Crippen LogP contribution in [0.25, 0.3) is 0 Å². The molecular weight excluding hydrogens is 238 g/mol. The molecule has 1 saturated heterocycles. The standard InChI is InChI=1S/C15H25N3O/c1-11(2)17-8-14-7-15(5-6-16-14)18-9-13(4)19-10-12(18)3/h5-7,11-13,17H,8-10H2,1-4H3. The smallest absolute Gasteiger partial charge is 0.0723 e. The Balaban J connectivity index is 2.08. The quantitative estimate of drug-likeness (QED) is 0.903. The van der Waals surface area contributed by atoms with Gasteiger partial charge in [0.2, 0.25) is 0 Å². The van der Waals surface area contributed by atoms with Crippen LogP contribution in [-0.4, -0.2) is 36.3 Å². The van der Waals surface area contributed by atoms with E-state index < -0.39 is 0 Å². The van der Waals surface area contributed by atoms with Crippen molar-refractivity contribution >= 4 is 5.69 Å². The molecule has 106 valence electrons. The minimum Gasteiger partial charge on any atom is -0.375 e. The molecule has 1 fully saturated rings. The largest absolute Gasteiger partial charge is 0.375 e. The molecule has 0 aromatic carbocycles. The highest BCUT2D eigenvalue weighted by Crippen LogP contribution is 2.21. The summed E-state index contributed by atoms with van der Waals surface area (Å²) in [5.74, 6) is 0. The lowest BCUT2D eigenvalue weighted by molar-refractivity contribution is 0.0343. The molecule has 2 unspecified atom stereocenters. The molecular formula is C15H25N3O. The summed E-state index contributed by atoms with van der Waals surface area (Å²) in [6, 6.07) is 5.18. The van der Waals surface area contributed by atoms with E-state index in [2.05, 4.69) is 55.0 Å². The number of rotatable bonds is 4. The van der Waals surface area contributed by atoms with Crippen molar-refractivity contribution in [2.24, 2.45) is 0 Å². The zero-order valence-corrected chi connectivity index (χ0v) is 12.4. The summed E-state index contributed by atoms with van der Waals surface area (Å²) in [6.45, 7) is 11.2. The zero-order valence-electron chi connectivity index (χ0n) is 12.4. The molecule has 19 heavy (non-hydrogen) atoms. The number of nitrogens with zero attached hydrogens (tertiary/aromatic N) is 2. The van der Waals surface area contributed by atoms with E-state index in [0.29, 0.717) is 18.2 Å². The van der Waals surface area contributed by atoms with Crippen molar-refractivity contribution in [2.75, 3.05) is 18.1 Å². The van der Waals surface area contributed by atoms with Gasteiger partial charge in [0.1, 0.15) is 0 Å². The number of pyridine rings is 1. The van der Waals surface area contributed by atoms with Crippen LogP contribution in [0.2, 0.25) is 0 Å². The summed E-state index contributed by atoms with van der Waals surface area (Å²) in [5, 5.41) is 3.41. The zero-order chi connectivity index (χ0) is 13.8. The van der Waals surface area contributed by atoms with Crippen molar-refractivity contribution in [1.82, 2.24) is 10.3 Å². The summed E-state index contributed by atoms with van der Waals surface area (Å²) in [6.07, 6.45) is 2.20. The van der Waals surface area contributed by atoms with Gasteiger partial charge in [-0.3, -0.25) is 4.98 Å². The molecule has 1 aromatic rings. The maximum absolute atomic E-state index is 5.68. The second kappa shape index (κ2) is 6.35. The maximum Gasteiger partial charge on any atom is 0.0723 e. The van der Waals surface area contributed by atoms with Crippen molar-refractivity contribution in [2.45, 2.75) is 52.4 Å². The van der Waals surface area contributed by atoms with Crippen molar-refractivity contribution in [3.05, 3.63) is 24.0 Å². The molecule has 1 aliphatic rings. The van der Waals surface area contributed by atoms with Crippen LogP contribution < -0.4 is 10.2 Å². The van der Waals surface area contributed by atoms with Crippen LogP contribution in [0, 0.1) is 0 Å². The second-order valence-corrected chi connectivity index (χ2v) is 5.69. The van der Waals surface area contributed by atoms with Gasteiger partial charge >= 0.3 is 0 Å². The predicted molar refractivity (Wildman–Crippen MR) is 78.4 cm³/mol. The topological polar surface area (TPSA) is 37.4 Å². The third kappa shape index (κ3) is 3.91. The number of nitrogens with one attached hydrogen (secondary N) is 1. The van der Waals surface area contributed by atoms with Crippen molar-refractivity contribution in [1.29, 1.82) is 0 Å². The molecule has 0 saturated carbocycles. The van der Waals surface area contributed by atoms with Crippen LogP contribution >= 0.6 is 0 Å². The Morgan fingerprint density at radius 3 is 3.00 bits per heavy atom. The van der Waals surface area contributed by atoms with Crippen LogP contribution in [0.3, 0.4) is 0 Å². The molecule has 2 rings (SSSR count). The average Bonchev–Trinajstić information content (AvgIpc) is 2.39. The summed E-state index contributed by atoms with van der Waals surface area (Å²) in [4.78, 5) is 6.84. The highest BCUT2D eigenvalue weighted by Gasteiger charge is 2.23. The van der Waals surface area contributed by atoms with Gasteiger partial charge in [0.05, 0.1) is 18.4 Å². The molecule has 0 bridgehead atoms. The Hall–Kier alpha value is -1.13. The van der Waals surface area contributed by atoms with Gasteiger partial charge in [-0.1, -0.05) is 13.8 Å². The van der Waals surface area contributed by atoms with E-state index in [4.69, 9.17) is 4.74 Å². The van der Waals surface area contributed by atoms with E-state index in [-0.39, 0.29) is 0 Å². The number of ether oxygens (including phenoxy) is 1. The Bertz CT molecular complexity index is 408. The van der Waals surface area contributed by atoms with E-state index in [0.717, 1.165) is 25.4 Å². The number of morpholine rings is 1. The van der Waals surface area contributed by atoms with Crippen LogP contribution in [-0.2, 0) is 11.3 Å². The third-order valence-electron chi connectivity index (χ3n) is 3.43. The summed E-state index contributed by atoms with van der Waals surface area (Å²) < 4.78 is 5.68. The number of hydrogen-bond donors (Lipinski definition) is 1. The summed E-state index contributed by atoms with van der Waals surface area (Å²) in [7, 11) is 0. The van der Waals surface area contributed by atoms with Gasteiger partial charge in [0, 0.05) is 37.1 Å². The monoisotopic (exact) mass is 263 g/mol. The van der Waals surface area contributed by atoms with Crippen LogP contribution in [0.4, 0.5) is 5.69 Å². The van der Waals surface area contributed by atoms with Gasteiger partial charge in [-0.15, -0.1) is 0 Å². The number of anilines is 1. The Labute approximate surface area is 116 Å². The fourth-order valence-corrected chi connectivity index (χ4v) is 2.31. The Kier molecular flexibility index (Phi) is 4.77. The van der Waals surface area contributed by atoms with E-state index >= 15 is 0 Å². The molecule has 1 aliphatic heterocycles. The van der Waals surface area contributed by atoms with Crippen LogP contribution in [0.1, 0.15) is 33.4 Å². The third-order valence-corrected chi connectivity index (χ3v) is 3.43. The molecule has 2 heterocycles. The van der Waals surface area contributed by atoms with E-state index in [1.54, 1.807) is 0 Å². The highest BCUT2D eigenvalue weighted by atomic mass is 16.5. The molecule has 0 radical (unpaired) electrons. The molecule has 1 aromatic heterocycles. The Morgan fingerprint density at radius 2 is 2.26 bits per heavy atom. The van der Waals surface area contributed by atoms with E-state index in [9.17, 15) is 0 Å².